The second-order valence-corrected chi connectivity index (χ2v) is 14.0. The highest BCUT2D eigenvalue weighted by Crippen LogP contribution is 2.43. The molecule has 0 aliphatic carbocycles. The Labute approximate surface area is 338 Å². The van der Waals surface area contributed by atoms with Crippen LogP contribution in [0.15, 0.2) is 183 Å². The molecule has 8 rings (SSSR count). The van der Waals surface area contributed by atoms with Gasteiger partial charge in [-0.15, -0.1) is 0 Å². The molecule has 0 saturated carbocycles. The van der Waals surface area contributed by atoms with Crippen LogP contribution in [0.5, 0.6) is 11.5 Å². The quantitative estimate of drug-likeness (QED) is 0.0939. The molecule has 58 heavy (non-hydrogen) atoms. The van der Waals surface area contributed by atoms with Crippen LogP contribution in [0.2, 0.25) is 0 Å². The molecule has 2 heterocycles. The van der Waals surface area contributed by atoms with Crippen LogP contribution >= 0.6 is 0 Å². The lowest BCUT2D eigenvalue weighted by atomic mass is 9.77. The summed E-state index contributed by atoms with van der Waals surface area (Å²) in [6.07, 6.45) is 3.74. The van der Waals surface area contributed by atoms with Gasteiger partial charge in [0.15, 0.2) is 11.5 Å². The van der Waals surface area contributed by atoms with Crippen LogP contribution in [0.3, 0.4) is 0 Å². The van der Waals surface area contributed by atoms with Gasteiger partial charge in [0.05, 0.1) is 39.8 Å². The highest BCUT2D eigenvalue weighted by atomic mass is 16.5. The number of hydrogen-bond donors (Lipinski definition) is 2. The van der Waals surface area contributed by atoms with Crippen LogP contribution in [-0.4, -0.2) is 52.1 Å². The van der Waals surface area contributed by atoms with Gasteiger partial charge in [-0.1, -0.05) is 146 Å². The summed E-state index contributed by atoms with van der Waals surface area (Å²) in [6, 6.07) is 56.8. The third-order valence-corrected chi connectivity index (χ3v) is 10.8. The van der Waals surface area contributed by atoms with Gasteiger partial charge in [-0.3, -0.25) is 0 Å². The number of nitrogens with one attached hydrogen (secondary N) is 1. The Morgan fingerprint density at radius 1 is 0.569 bits per heavy atom. The van der Waals surface area contributed by atoms with Gasteiger partial charge in [0.1, 0.15) is 34.5 Å². The fourth-order valence-corrected chi connectivity index (χ4v) is 7.91. The Bertz CT molecular complexity index is 2440. The number of aromatic nitrogens is 4. The molecule has 1 atom stereocenters. The van der Waals surface area contributed by atoms with Gasteiger partial charge in [-0.2, -0.15) is 0 Å². The molecular formula is C49H45N5O4. The summed E-state index contributed by atoms with van der Waals surface area (Å²) in [4.78, 5) is 14.4. The smallest absolute Gasteiger partial charge is 0.165 e. The number of methoxy groups -OCH3 is 2. The van der Waals surface area contributed by atoms with Gasteiger partial charge in [0.25, 0.3) is 0 Å². The number of aliphatic hydroxyl groups is 1. The van der Waals surface area contributed by atoms with Crippen molar-refractivity contribution in [3.63, 3.8) is 0 Å². The summed E-state index contributed by atoms with van der Waals surface area (Å²) in [5, 5.41) is 14.8. The first kappa shape index (κ1) is 38.1. The van der Waals surface area contributed by atoms with Gasteiger partial charge in [-0.25, -0.2) is 15.0 Å². The van der Waals surface area contributed by atoms with Crippen molar-refractivity contribution in [1.82, 2.24) is 19.5 Å². The van der Waals surface area contributed by atoms with Crippen LogP contribution in [-0.2, 0) is 15.9 Å². The Balaban J connectivity index is 1.16. The first-order valence-electron chi connectivity index (χ1n) is 19.3. The van der Waals surface area contributed by atoms with E-state index >= 15 is 0 Å². The van der Waals surface area contributed by atoms with E-state index in [4.69, 9.17) is 29.2 Å². The Hall–Kier alpha value is -6.81. The Kier molecular flexibility index (Phi) is 11.2. The fourth-order valence-electron chi connectivity index (χ4n) is 7.91. The summed E-state index contributed by atoms with van der Waals surface area (Å²) in [5.41, 5.74) is 5.30. The van der Waals surface area contributed by atoms with E-state index in [2.05, 4.69) is 66.0 Å². The SMILES string of the molecule is COc1ccc(C(Nc2ncnc3c2ncn3C(CO)CCOC(c2ccccc2)(c2ccccc2)c2ccc(OC)cc2)(c2ccccc2)c2ccccc2)cc1. The van der Waals surface area contributed by atoms with E-state index in [1.807, 2.05) is 114 Å². The number of anilines is 1. The normalized spacial score (nSPS) is 12.3. The summed E-state index contributed by atoms with van der Waals surface area (Å²) < 4.78 is 20.1. The first-order valence-corrected chi connectivity index (χ1v) is 19.3. The van der Waals surface area contributed by atoms with Crippen molar-refractivity contribution in [3.05, 3.63) is 216 Å². The summed E-state index contributed by atoms with van der Waals surface area (Å²) in [5.74, 6) is 2.07. The lowest BCUT2D eigenvalue weighted by Gasteiger charge is -2.37. The van der Waals surface area contributed by atoms with E-state index in [-0.39, 0.29) is 6.61 Å². The second-order valence-electron chi connectivity index (χ2n) is 14.0. The second kappa shape index (κ2) is 17.1. The highest BCUT2D eigenvalue weighted by Gasteiger charge is 2.39. The predicted molar refractivity (Wildman–Crippen MR) is 227 cm³/mol. The van der Waals surface area contributed by atoms with E-state index < -0.39 is 17.2 Å². The molecule has 1 unspecified atom stereocenters. The molecule has 0 aliphatic rings. The third kappa shape index (κ3) is 7.17. The minimum absolute atomic E-state index is 0.155. The average molecular weight is 768 g/mol. The van der Waals surface area contributed by atoms with Crippen molar-refractivity contribution in [3.8, 4) is 11.5 Å². The third-order valence-electron chi connectivity index (χ3n) is 10.8. The maximum atomic E-state index is 11.0. The molecule has 9 heteroatoms. The van der Waals surface area contributed by atoms with Gasteiger partial charge < -0.3 is 29.2 Å². The van der Waals surface area contributed by atoms with Gasteiger partial charge >= 0.3 is 0 Å². The van der Waals surface area contributed by atoms with E-state index in [1.54, 1.807) is 26.9 Å². The van der Waals surface area contributed by atoms with Crippen LogP contribution < -0.4 is 14.8 Å². The minimum atomic E-state index is -0.940. The largest absolute Gasteiger partial charge is 0.497 e. The highest BCUT2D eigenvalue weighted by molar-refractivity contribution is 5.84. The molecule has 290 valence electrons. The summed E-state index contributed by atoms with van der Waals surface area (Å²) >= 11 is 0. The van der Waals surface area contributed by atoms with Gasteiger partial charge in [-0.05, 0) is 64.1 Å². The molecule has 0 spiro atoms. The van der Waals surface area contributed by atoms with E-state index in [9.17, 15) is 5.11 Å². The molecular weight excluding hydrogens is 723 g/mol. The number of imidazole rings is 1. The van der Waals surface area contributed by atoms with E-state index in [0.29, 0.717) is 30.0 Å². The number of rotatable bonds is 16. The lowest BCUT2D eigenvalue weighted by molar-refractivity contribution is 0.00336. The van der Waals surface area contributed by atoms with Crippen molar-refractivity contribution in [2.24, 2.45) is 0 Å². The number of nitrogens with zero attached hydrogens (tertiary/aromatic N) is 4. The maximum Gasteiger partial charge on any atom is 0.165 e. The fraction of sp³-hybridized carbons (Fsp3) is 0.163. The van der Waals surface area contributed by atoms with Crippen molar-refractivity contribution >= 4 is 17.0 Å². The van der Waals surface area contributed by atoms with Gasteiger partial charge in [0.2, 0.25) is 0 Å². The molecule has 0 aliphatic heterocycles. The minimum Gasteiger partial charge on any atom is -0.497 e. The lowest BCUT2D eigenvalue weighted by Crippen LogP contribution is -2.38. The monoisotopic (exact) mass is 767 g/mol. The number of aliphatic hydroxyl groups excluding tert-OH is 1. The number of ether oxygens (including phenoxy) is 3. The summed E-state index contributed by atoms with van der Waals surface area (Å²) in [7, 11) is 3.33. The molecule has 0 fully saturated rings. The number of benzene rings is 6. The molecule has 8 aromatic rings. The molecule has 0 saturated heterocycles. The van der Waals surface area contributed by atoms with Crippen LogP contribution in [0, 0.1) is 0 Å². The molecule has 2 aromatic heterocycles. The van der Waals surface area contributed by atoms with E-state index in [1.165, 1.54) is 0 Å². The average Bonchev–Trinajstić information content (AvgIpc) is 3.74. The van der Waals surface area contributed by atoms with Crippen molar-refractivity contribution in [2.75, 3.05) is 32.8 Å². The van der Waals surface area contributed by atoms with Gasteiger partial charge in [0, 0.05) is 0 Å². The number of fused-ring (bicyclic) bond motifs is 1. The number of hydrogen-bond acceptors (Lipinski definition) is 8. The predicted octanol–water partition coefficient (Wildman–Crippen LogP) is 9.18. The molecule has 6 aromatic carbocycles. The Morgan fingerprint density at radius 2 is 1.02 bits per heavy atom. The molecule has 2 N–H and O–H groups in total. The van der Waals surface area contributed by atoms with Crippen molar-refractivity contribution in [2.45, 2.75) is 23.6 Å². The van der Waals surface area contributed by atoms with Crippen LogP contribution in [0.25, 0.3) is 11.2 Å². The molecule has 0 radical (unpaired) electrons. The molecule has 0 amide bonds. The van der Waals surface area contributed by atoms with Crippen molar-refractivity contribution < 1.29 is 19.3 Å². The van der Waals surface area contributed by atoms with Crippen LogP contribution in [0.4, 0.5) is 5.82 Å². The zero-order valence-corrected chi connectivity index (χ0v) is 32.5. The standard InChI is InChI=1S/C49H45N5O4/c1-56-43-27-23-38(24-28-43)48(36-15-7-3-8-16-36,37-17-9-4-10-18-37)53-46-45-47(51-34-50-46)54(35-52-45)42(33-55)31-32-58-49(39-19-11-5-12-20-39,40-21-13-6-14-22-40)41-25-29-44(57-2)30-26-41/h3-30,34-35,42,55H,31-33H2,1-2H3,(H,50,51,53). The topological polar surface area (TPSA) is 104 Å². The molecule has 0 bridgehead atoms. The van der Waals surface area contributed by atoms with Crippen LogP contribution in [0.1, 0.15) is 45.8 Å². The summed E-state index contributed by atoms with van der Waals surface area (Å²) in [6.45, 7) is 0.150. The Morgan fingerprint density at radius 3 is 1.50 bits per heavy atom. The van der Waals surface area contributed by atoms with E-state index in [0.717, 1.165) is 44.9 Å². The zero-order valence-electron chi connectivity index (χ0n) is 32.5. The maximum absolute atomic E-state index is 11.0. The van der Waals surface area contributed by atoms with Crippen molar-refractivity contribution in [1.29, 1.82) is 0 Å². The zero-order chi connectivity index (χ0) is 39.8. The first-order chi connectivity index (χ1) is 28.6. The molecule has 9 nitrogen and oxygen atoms in total.